The third-order valence-electron chi connectivity index (χ3n) is 4.97. The number of fused-ring (bicyclic) bond motifs is 2. The van der Waals surface area contributed by atoms with Crippen LogP contribution >= 0.6 is 0 Å². The van der Waals surface area contributed by atoms with Gasteiger partial charge in [-0.15, -0.1) is 0 Å². The molecule has 2 aromatic rings. The Balaban J connectivity index is 1.32. The van der Waals surface area contributed by atoms with Gasteiger partial charge in [-0.05, 0) is 48.9 Å². The van der Waals surface area contributed by atoms with Gasteiger partial charge in [0.05, 0.1) is 18.7 Å². The number of benzene rings is 1. The quantitative estimate of drug-likeness (QED) is 0.810. The molecule has 0 saturated carbocycles. The SMILES string of the molecule is O=C(Cc1ccc2c(c1)OCO2)NCCn1nc2c(cc1=O)CCCCC2. The molecular weight excluding hydrogens is 346 g/mol. The van der Waals surface area contributed by atoms with Crippen LogP contribution in [0.1, 0.15) is 36.1 Å². The van der Waals surface area contributed by atoms with Crippen molar-refractivity contribution in [3.63, 3.8) is 0 Å². The lowest BCUT2D eigenvalue weighted by Gasteiger charge is -2.10. The van der Waals surface area contributed by atoms with Crippen LogP contribution in [0.4, 0.5) is 0 Å². The summed E-state index contributed by atoms with van der Waals surface area (Å²) >= 11 is 0. The summed E-state index contributed by atoms with van der Waals surface area (Å²) in [6.45, 7) is 0.960. The van der Waals surface area contributed by atoms with Crippen LogP contribution in [0.25, 0.3) is 0 Å². The number of ether oxygens (including phenoxy) is 2. The van der Waals surface area contributed by atoms with Gasteiger partial charge in [0.1, 0.15) is 0 Å². The smallest absolute Gasteiger partial charge is 0.267 e. The van der Waals surface area contributed by atoms with E-state index in [1.165, 1.54) is 11.1 Å². The van der Waals surface area contributed by atoms with E-state index in [4.69, 9.17) is 9.47 Å². The van der Waals surface area contributed by atoms with Gasteiger partial charge >= 0.3 is 0 Å². The van der Waals surface area contributed by atoms with E-state index < -0.39 is 0 Å². The van der Waals surface area contributed by atoms with E-state index in [1.54, 1.807) is 6.07 Å². The van der Waals surface area contributed by atoms with Crippen LogP contribution in [0.3, 0.4) is 0 Å². The number of hydrogen-bond acceptors (Lipinski definition) is 5. The molecule has 1 N–H and O–H groups in total. The number of aryl methyl sites for hydroxylation is 2. The van der Waals surface area contributed by atoms with Gasteiger partial charge in [-0.2, -0.15) is 5.10 Å². The Morgan fingerprint density at radius 1 is 1.11 bits per heavy atom. The number of carbonyl (C=O) groups is 1. The van der Waals surface area contributed by atoms with Gasteiger partial charge in [-0.25, -0.2) is 4.68 Å². The van der Waals surface area contributed by atoms with Crippen LogP contribution in [-0.2, 0) is 30.6 Å². The molecule has 1 aromatic carbocycles. The van der Waals surface area contributed by atoms with Crippen LogP contribution in [0.2, 0.25) is 0 Å². The van der Waals surface area contributed by atoms with Crippen molar-refractivity contribution in [1.82, 2.24) is 15.1 Å². The molecule has 0 fully saturated rings. The van der Waals surface area contributed by atoms with Gasteiger partial charge in [0.25, 0.3) is 5.56 Å². The molecule has 1 aliphatic heterocycles. The Kier molecular flexibility index (Phi) is 5.09. The van der Waals surface area contributed by atoms with E-state index in [1.807, 2.05) is 18.2 Å². The van der Waals surface area contributed by atoms with Crippen LogP contribution in [0, 0.1) is 0 Å². The summed E-state index contributed by atoms with van der Waals surface area (Å²) in [5.41, 5.74) is 2.87. The molecule has 0 saturated heterocycles. The predicted octanol–water partition coefficient (Wildman–Crippen LogP) is 1.60. The predicted molar refractivity (Wildman–Crippen MR) is 99.0 cm³/mol. The minimum absolute atomic E-state index is 0.0966. The second kappa shape index (κ2) is 7.82. The van der Waals surface area contributed by atoms with Crippen LogP contribution in [0.5, 0.6) is 11.5 Å². The molecule has 7 heteroatoms. The van der Waals surface area contributed by atoms with Crippen molar-refractivity contribution in [2.45, 2.75) is 45.1 Å². The highest BCUT2D eigenvalue weighted by Crippen LogP contribution is 2.32. The van der Waals surface area contributed by atoms with Gasteiger partial charge in [0, 0.05) is 12.6 Å². The van der Waals surface area contributed by atoms with Crippen LogP contribution in [0.15, 0.2) is 29.1 Å². The highest BCUT2D eigenvalue weighted by atomic mass is 16.7. The molecule has 1 aliphatic carbocycles. The van der Waals surface area contributed by atoms with Crippen molar-refractivity contribution in [2.24, 2.45) is 0 Å². The van der Waals surface area contributed by atoms with Crippen molar-refractivity contribution in [3.05, 3.63) is 51.4 Å². The largest absolute Gasteiger partial charge is 0.454 e. The number of rotatable bonds is 5. The normalized spacial score (nSPS) is 15.1. The Hall–Kier alpha value is -2.83. The zero-order valence-electron chi connectivity index (χ0n) is 15.2. The minimum atomic E-state index is -0.100. The summed E-state index contributed by atoms with van der Waals surface area (Å²) in [7, 11) is 0. The van der Waals surface area contributed by atoms with E-state index in [-0.39, 0.29) is 24.7 Å². The van der Waals surface area contributed by atoms with Crippen molar-refractivity contribution in [1.29, 1.82) is 0 Å². The molecular formula is C20H23N3O4. The first-order chi connectivity index (χ1) is 13.2. The van der Waals surface area contributed by atoms with Gasteiger partial charge < -0.3 is 14.8 Å². The fraction of sp³-hybridized carbons (Fsp3) is 0.450. The second-order valence-electron chi connectivity index (χ2n) is 6.95. The van der Waals surface area contributed by atoms with Crippen LogP contribution in [-0.4, -0.2) is 29.0 Å². The maximum atomic E-state index is 12.2. The molecule has 0 spiro atoms. The molecule has 4 rings (SSSR count). The molecule has 0 radical (unpaired) electrons. The van der Waals surface area contributed by atoms with Crippen molar-refractivity contribution < 1.29 is 14.3 Å². The number of carbonyl (C=O) groups excluding carboxylic acids is 1. The number of nitrogens with zero attached hydrogens (tertiary/aromatic N) is 2. The topological polar surface area (TPSA) is 82.4 Å². The standard InChI is InChI=1S/C20H23N3O4/c24-19(11-14-6-7-17-18(10-14)27-13-26-17)21-8-9-23-20(25)12-15-4-2-1-3-5-16(15)22-23/h6-7,10,12H,1-5,8-9,11,13H2,(H,21,24). The van der Waals surface area contributed by atoms with E-state index in [9.17, 15) is 9.59 Å². The molecule has 2 heterocycles. The highest BCUT2D eigenvalue weighted by Gasteiger charge is 2.15. The summed E-state index contributed by atoms with van der Waals surface area (Å²) in [5, 5.41) is 7.37. The summed E-state index contributed by atoms with van der Waals surface area (Å²) in [5.74, 6) is 1.27. The molecule has 0 bridgehead atoms. The minimum Gasteiger partial charge on any atom is -0.454 e. The first kappa shape index (κ1) is 17.6. The Labute approximate surface area is 157 Å². The third kappa shape index (κ3) is 4.13. The lowest BCUT2D eigenvalue weighted by molar-refractivity contribution is -0.120. The first-order valence-corrected chi connectivity index (χ1v) is 9.44. The number of amides is 1. The Morgan fingerprint density at radius 2 is 1.96 bits per heavy atom. The van der Waals surface area contributed by atoms with Gasteiger partial charge in [0.2, 0.25) is 12.7 Å². The van der Waals surface area contributed by atoms with Crippen LogP contribution < -0.4 is 20.3 Å². The second-order valence-corrected chi connectivity index (χ2v) is 6.95. The first-order valence-electron chi connectivity index (χ1n) is 9.44. The summed E-state index contributed by atoms with van der Waals surface area (Å²) in [6, 6.07) is 7.19. The van der Waals surface area contributed by atoms with Gasteiger partial charge in [0.15, 0.2) is 11.5 Å². The Bertz CT molecular complexity index is 907. The summed E-state index contributed by atoms with van der Waals surface area (Å²) in [6.07, 6.45) is 5.53. The lowest BCUT2D eigenvalue weighted by atomic mass is 10.1. The maximum absolute atomic E-state index is 12.2. The molecule has 142 valence electrons. The number of nitrogens with one attached hydrogen (secondary N) is 1. The fourth-order valence-electron chi connectivity index (χ4n) is 3.54. The molecule has 0 unspecified atom stereocenters. The molecule has 1 amide bonds. The third-order valence-corrected chi connectivity index (χ3v) is 4.97. The van der Waals surface area contributed by atoms with Crippen molar-refractivity contribution in [2.75, 3.05) is 13.3 Å². The van der Waals surface area contributed by atoms with E-state index >= 15 is 0 Å². The molecule has 27 heavy (non-hydrogen) atoms. The number of aromatic nitrogens is 2. The summed E-state index contributed by atoms with van der Waals surface area (Å²) in [4.78, 5) is 24.4. The van der Waals surface area contributed by atoms with E-state index in [0.717, 1.165) is 42.5 Å². The van der Waals surface area contributed by atoms with Gasteiger partial charge in [-0.1, -0.05) is 12.5 Å². The van der Waals surface area contributed by atoms with E-state index in [0.29, 0.717) is 24.6 Å². The average molecular weight is 369 g/mol. The van der Waals surface area contributed by atoms with Crippen molar-refractivity contribution >= 4 is 5.91 Å². The monoisotopic (exact) mass is 369 g/mol. The lowest BCUT2D eigenvalue weighted by Crippen LogP contribution is -2.33. The molecule has 7 nitrogen and oxygen atoms in total. The maximum Gasteiger partial charge on any atom is 0.267 e. The summed E-state index contributed by atoms with van der Waals surface area (Å²) < 4.78 is 12.1. The van der Waals surface area contributed by atoms with E-state index in [2.05, 4.69) is 10.4 Å². The molecule has 0 atom stereocenters. The van der Waals surface area contributed by atoms with Crippen molar-refractivity contribution in [3.8, 4) is 11.5 Å². The fourth-order valence-corrected chi connectivity index (χ4v) is 3.54. The highest BCUT2D eigenvalue weighted by molar-refractivity contribution is 5.78. The zero-order valence-corrected chi connectivity index (χ0v) is 15.2. The van der Waals surface area contributed by atoms with Gasteiger partial charge in [-0.3, -0.25) is 9.59 Å². The zero-order chi connectivity index (χ0) is 18.6. The Morgan fingerprint density at radius 3 is 2.89 bits per heavy atom. The molecule has 1 aromatic heterocycles. The molecule has 2 aliphatic rings. The number of hydrogen-bond donors (Lipinski definition) is 1. The average Bonchev–Trinajstić information content (AvgIpc) is 3.00.